The Morgan fingerprint density at radius 1 is 1.50 bits per heavy atom. The molecule has 2 rings (SSSR count). The van der Waals surface area contributed by atoms with Gasteiger partial charge >= 0.3 is 0 Å². The molecule has 1 aliphatic rings. The monoisotopic (exact) mass is 221 g/mol. The Morgan fingerprint density at radius 3 is 3.00 bits per heavy atom. The van der Waals surface area contributed by atoms with Crippen LogP contribution in [-0.4, -0.2) is 13.2 Å². The molecule has 0 spiro atoms. The second-order valence-corrected chi connectivity index (χ2v) is 4.27. The highest BCUT2D eigenvalue weighted by molar-refractivity contribution is 5.43. The molecule has 16 heavy (non-hydrogen) atoms. The van der Waals surface area contributed by atoms with Crippen LogP contribution in [0.2, 0.25) is 0 Å². The molecule has 1 unspecified atom stereocenters. The summed E-state index contributed by atoms with van der Waals surface area (Å²) in [5.41, 5.74) is 7.22. The van der Waals surface area contributed by atoms with Crippen molar-refractivity contribution in [3.05, 3.63) is 23.8 Å². The molecule has 3 heteroatoms. The maximum absolute atomic E-state index is 6.16. The van der Waals surface area contributed by atoms with Crippen LogP contribution >= 0.6 is 0 Å². The highest BCUT2D eigenvalue weighted by atomic mass is 16.5. The van der Waals surface area contributed by atoms with Crippen molar-refractivity contribution in [2.45, 2.75) is 38.3 Å². The van der Waals surface area contributed by atoms with Crippen molar-refractivity contribution in [1.29, 1.82) is 0 Å². The van der Waals surface area contributed by atoms with E-state index in [0.717, 1.165) is 36.3 Å². The molecule has 88 valence electrons. The molecular formula is C13H19NO2. The van der Waals surface area contributed by atoms with Crippen molar-refractivity contribution in [3.63, 3.8) is 0 Å². The zero-order valence-corrected chi connectivity index (χ0v) is 9.90. The molecule has 1 aliphatic heterocycles. The Labute approximate surface area is 96.5 Å². The number of fused-ring (bicyclic) bond motifs is 1. The second-order valence-electron chi connectivity index (χ2n) is 4.27. The number of ether oxygens (including phenoxy) is 2. The third kappa shape index (κ3) is 2.14. The standard InChI is InChI=1S/C13H19NO2/c1-3-4-10-8-12(14)11-7-9(15-2)5-6-13(11)16-10/h5-7,10,12H,3-4,8,14H2,1-2H3/t10?,12-/m0/s1. The Kier molecular flexibility index (Phi) is 3.34. The molecule has 2 atom stereocenters. The number of hydrogen-bond acceptors (Lipinski definition) is 3. The van der Waals surface area contributed by atoms with E-state index in [4.69, 9.17) is 15.2 Å². The van der Waals surface area contributed by atoms with Gasteiger partial charge in [-0.2, -0.15) is 0 Å². The fourth-order valence-corrected chi connectivity index (χ4v) is 2.19. The quantitative estimate of drug-likeness (QED) is 0.853. The number of nitrogens with two attached hydrogens (primary N) is 1. The summed E-state index contributed by atoms with van der Waals surface area (Å²) >= 11 is 0. The first kappa shape index (κ1) is 11.3. The molecule has 1 heterocycles. The molecule has 0 radical (unpaired) electrons. The molecule has 3 nitrogen and oxygen atoms in total. The van der Waals surface area contributed by atoms with Gasteiger partial charge in [-0.25, -0.2) is 0 Å². The molecule has 0 saturated heterocycles. The Balaban J connectivity index is 2.23. The summed E-state index contributed by atoms with van der Waals surface area (Å²) in [6, 6.07) is 5.91. The average molecular weight is 221 g/mol. The van der Waals surface area contributed by atoms with Gasteiger partial charge in [-0.3, -0.25) is 0 Å². The van der Waals surface area contributed by atoms with E-state index in [9.17, 15) is 0 Å². The number of rotatable bonds is 3. The summed E-state index contributed by atoms with van der Waals surface area (Å²) in [6.07, 6.45) is 3.36. The largest absolute Gasteiger partial charge is 0.497 e. The molecule has 0 bridgehead atoms. The normalized spacial score (nSPS) is 23.4. The van der Waals surface area contributed by atoms with Crippen molar-refractivity contribution in [1.82, 2.24) is 0 Å². The number of methoxy groups -OCH3 is 1. The highest BCUT2D eigenvalue weighted by Crippen LogP contribution is 2.36. The molecule has 0 aliphatic carbocycles. The van der Waals surface area contributed by atoms with Gasteiger partial charge in [0.15, 0.2) is 0 Å². The minimum atomic E-state index is 0.0652. The molecule has 1 aromatic rings. The maximum Gasteiger partial charge on any atom is 0.124 e. The van der Waals surface area contributed by atoms with Gasteiger partial charge in [0.25, 0.3) is 0 Å². The zero-order valence-electron chi connectivity index (χ0n) is 9.90. The minimum Gasteiger partial charge on any atom is -0.497 e. The van der Waals surface area contributed by atoms with Crippen molar-refractivity contribution in [3.8, 4) is 11.5 Å². The van der Waals surface area contributed by atoms with Crippen LogP contribution in [0.15, 0.2) is 18.2 Å². The predicted octanol–water partition coefficient (Wildman–Crippen LogP) is 2.65. The van der Waals surface area contributed by atoms with Crippen LogP contribution in [0.25, 0.3) is 0 Å². The third-order valence-electron chi connectivity index (χ3n) is 3.04. The van der Waals surface area contributed by atoms with Gasteiger partial charge in [-0.15, -0.1) is 0 Å². The van der Waals surface area contributed by atoms with Gasteiger partial charge in [-0.1, -0.05) is 13.3 Å². The lowest BCUT2D eigenvalue weighted by Crippen LogP contribution is -2.29. The van der Waals surface area contributed by atoms with E-state index in [-0.39, 0.29) is 12.1 Å². The third-order valence-corrected chi connectivity index (χ3v) is 3.04. The molecule has 2 N–H and O–H groups in total. The lowest BCUT2D eigenvalue weighted by Gasteiger charge is -2.30. The highest BCUT2D eigenvalue weighted by Gasteiger charge is 2.25. The summed E-state index contributed by atoms with van der Waals surface area (Å²) in [5.74, 6) is 1.75. The van der Waals surface area contributed by atoms with E-state index in [1.807, 2.05) is 18.2 Å². The van der Waals surface area contributed by atoms with Crippen LogP contribution in [0, 0.1) is 0 Å². The van der Waals surface area contributed by atoms with Gasteiger partial charge in [-0.05, 0) is 24.6 Å². The van der Waals surface area contributed by atoms with E-state index >= 15 is 0 Å². The van der Waals surface area contributed by atoms with E-state index < -0.39 is 0 Å². The van der Waals surface area contributed by atoms with E-state index in [2.05, 4.69) is 6.92 Å². The van der Waals surface area contributed by atoms with Crippen molar-refractivity contribution < 1.29 is 9.47 Å². The topological polar surface area (TPSA) is 44.5 Å². The first-order valence-electron chi connectivity index (χ1n) is 5.84. The van der Waals surface area contributed by atoms with Crippen molar-refractivity contribution in [2.24, 2.45) is 5.73 Å². The Hall–Kier alpha value is -1.22. The Morgan fingerprint density at radius 2 is 2.31 bits per heavy atom. The second kappa shape index (κ2) is 4.74. The maximum atomic E-state index is 6.16. The SMILES string of the molecule is CCCC1C[C@H](N)c2cc(OC)ccc2O1. The van der Waals surface area contributed by atoms with Gasteiger partial charge < -0.3 is 15.2 Å². The first-order chi connectivity index (χ1) is 7.74. The Bertz CT molecular complexity index is 365. The summed E-state index contributed by atoms with van der Waals surface area (Å²) in [7, 11) is 1.66. The summed E-state index contributed by atoms with van der Waals surface area (Å²) < 4.78 is 11.1. The lowest BCUT2D eigenvalue weighted by molar-refractivity contribution is 0.149. The van der Waals surface area contributed by atoms with Gasteiger partial charge in [0.1, 0.15) is 17.6 Å². The molecular weight excluding hydrogens is 202 g/mol. The fraction of sp³-hybridized carbons (Fsp3) is 0.538. The van der Waals surface area contributed by atoms with Gasteiger partial charge in [0.05, 0.1) is 7.11 Å². The molecule has 1 aromatic carbocycles. The predicted molar refractivity (Wildman–Crippen MR) is 63.9 cm³/mol. The van der Waals surface area contributed by atoms with Gasteiger partial charge in [0.2, 0.25) is 0 Å². The minimum absolute atomic E-state index is 0.0652. The van der Waals surface area contributed by atoms with E-state index in [0.29, 0.717) is 0 Å². The van der Waals surface area contributed by atoms with Crippen LogP contribution in [0.4, 0.5) is 0 Å². The smallest absolute Gasteiger partial charge is 0.124 e. The van der Waals surface area contributed by atoms with E-state index in [1.54, 1.807) is 7.11 Å². The van der Waals surface area contributed by atoms with Crippen LogP contribution in [-0.2, 0) is 0 Å². The zero-order chi connectivity index (χ0) is 11.5. The molecule has 0 saturated carbocycles. The summed E-state index contributed by atoms with van der Waals surface area (Å²) in [5, 5.41) is 0. The van der Waals surface area contributed by atoms with Crippen LogP contribution in [0.3, 0.4) is 0 Å². The van der Waals surface area contributed by atoms with Crippen LogP contribution < -0.4 is 15.2 Å². The van der Waals surface area contributed by atoms with Crippen molar-refractivity contribution >= 4 is 0 Å². The van der Waals surface area contributed by atoms with E-state index in [1.165, 1.54) is 0 Å². The lowest BCUT2D eigenvalue weighted by atomic mass is 9.95. The number of benzene rings is 1. The fourth-order valence-electron chi connectivity index (χ4n) is 2.19. The summed E-state index contributed by atoms with van der Waals surface area (Å²) in [6.45, 7) is 2.17. The van der Waals surface area contributed by atoms with Crippen LogP contribution in [0.5, 0.6) is 11.5 Å². The first-order valence-corrected chi connectivity index (χ1v) is 5.84. The van der Waals surface area contributed by atoms with Crippen LogP contribution in [0.1, 0.15) is 37.8 Å². The van der Waals surface area contributed by atoms with Gasteiger partial charge in [0, 0.05) is 18.0 Å². The van der Waals surface area contributed by atoms with Crippen molar-refractivity contribution in [2.75, 3.05) is 7.11 Å². The molecule has 0 aromatic heterocycles. The molecule has 0 amide bonds. The molecule has 0 fully saturated rings. The average Bonchev–Trinajstić information content (AvgIpc) is 2.29. The summed E-state index contributed by atoms with van der Waals surface area (Å²) in [4.78, 5) is 0. The number of hydrogen-bond donors (Lipinski definition) is 1.